The fraction of sp³-hybridized carbons (Fsp3) is 0.125. The minimum Gasteiger partial charge on any atom is -0.296 e. The topological polar surface area (TPSA) is 12.4 Å². The van der Waals surface area contributed by atoms with Gasteiger partial charge >= 0.3 is 0 Å². The van der Waals surface area contributed by atoms with Crippen molar-refractivity contribution >= 4 is 18.3 Å². The first kappa shape index (κ1) is 7.29. The summed E-state index contributed by atoms with van der Waals surface area (Å²) in [6.07, 6.45) is 0. The molecular formula is C8H8ClN. The molecule has 1 aromatic carbocycles. The van der Waals surface area contributed by atoms with Gasteiger partial charge in [0.25, 0.3) is 0 Å². The Morgan fingerprint density at radius 1 is 1.50 bits per heavy atom. The van der Waals surface area contributed by atoms with Gasteiger partial charge in [0.2, 0.25) is 0 Å². The van der Waals surface area contributed by atoms with Gasteiger partial charge in [-0.15, -0.1) is 0 Å². The molecule has 0 aromatic heterocycles. The van der Waals surface area contributed by atoms with E-state index in [-0.39, 0.29) is 0 Å². The van der Waals surface area contributed by atoms with E-state index in [0.29, 0.717) is 6.54 Å². The van der Waals surface area contributed by atoms with Crippen molar-refractivity contribution in [2.75, 3.05) is 0 Å². The molecule has 2 heteroatoms. The molecule has 0 saturated carbocycles. The van der Waals surface area contributed by atoms with Gasteiger partial charge < -0.3 is 0 Å². The number of benzene rings is 1. The van der Waals surface area contributed by atoms with Crippen molar-refractivity contribution in [3.63, 3.8) is 0 Å². The number of hydrogen-bond acceptors (Lipinski definition) is 1. The Labute approximate surface area is 65.4 Å². The van der Waals surface area contributed by atoms with Crippen LogP contribution in [0.15, 0.2) is 29.3 Å². The molecule has 52 valence electrons. The summed E-state index contributed by atoms with van der Waals surface area (Å²) in [6, 6.07) is 7.60. The van der Waals surface area contributed by atoms with Crippen molar-refractivity contribution in [3.8, 4) is 0 Å². The first-order valence-corrected chi connectivity index (χ1v) is 3.37. The fourth-order valence-corrected chi connectivity index (χ4v) is 0.977. The minimum atomic E-state index is 0.639. The predicted molar refractivity (Wildman–Crippen MR) is 44.7 cm³/mol. The van der Waals surface area contributed by atoms with Gasteiger partial charge in [-0.25, -0.2) is 0 Å². The summed E-state index contributed by atoms with van der Waals surface area (Å²) < 4.78 is 0. The van der Waals surface area contributed by atoms with Gasteiger partial charge in [-0.3, -0.25) is 4.99 Å². The van der Waals surface area contributed by atoms with E-state index in [2.05, 4.69) is 11.7 Å². The van der Waals surface area contributed by atoms with Crippen molar-refractivity contribution in [3.05, 3.63) is 34.9 Å². The third-order valence-electron chi connectivity index (χ3n) is 1.18. The molecule has 1 rings (SSSR count). The van der Waals surface area contributed by atoms with E-state index in [1.165, 1.54) is 0 Å². The molecule has 0 aliphatic rings. The highest BCUT2D eigenvalue weighted by molar-refractivity contribution is 6.30. The molecule has 0 aliphatic carbocycles. The lowest BCUT2D eigenvalue weighted by Gasteiger charge is -1.94. The largest absolute Gasteiger partial charge is 0.296 e. The highest BCUT2D eigenvalue weighted by Gasteiger charge is 1.89. The van der Waals surface area contributed by atoms with Gasteiger partial charge in [0.15, 0.2) is 0 Å². The van der Waals surface area contributed by atoms with Gasteiger partial charge in [-0.2, -0.15) is 0 Å². The third-order valence-corrected chi connectivity index (χ3v) is 1.42. The quantitative estimate of drug-likeness (QED) is 0.579. The second kappa shape index (κ2) is 3.37. The number of halogens is 1. The molecule has 0 unspecified atom stereocenters. The monoisotopic (exact) mass is 153 g/mol. The summed E-state index contributed by atoms with van der Waals surface area (Å²) in [5.41, 5.74) is 1.10. The zero-order chi connectivity index (χ0) is 7.40. The summed E-state index contributed by atoms with van der Waals surface area (Å²) in [5, 5.41) is 0.751. The normalized spacial score (nSPS) is 9.30. The van der Waals surface area contributed by atoms with E-state index in [1.54, 1.807) is 0 Å². The summed E-state index contributed by atoms with van der Waals surface area (Å²) in [5.74, 6) is 0. The Bertz CT molecular complexity index is 232. The van der Waals surface area contributed by atoms with Crippen molar-refractivity contribution in [2.45, 2.75) is 6.54 Å². The Kier molecular flexibility index (Phi) is 2.46. The molecule has 10 heavy (non-hydrogen) atoms. The Hall–Kier alpha value is -0.820. The molecule has 0 saturated heterocycles. The molecule has 0 atom stereocenters. The molecule has 0 spiro atoms. The van der Waals surface area contributed by atoms with Crippen LogP contribution in [0.3, 0.4) is 0 Å². The van der Waals surface area contributed by atoms with Crippen LogP contribution in [-0.4, -0.2) is 6.72 Å². The van der Waals surface area contributed by atoms with Crippen LogP contribution in [0.1, 0.15) is 5.56 Å². The van der Waals surface area contributed by atoms with E-state index in [0.717, 1.165) is 10.6 Å². The molecule has 0 bridgehead atoms. The lowest BCUT2D eigenvalue weighted by atomic mass is 10.2. The van der Waals surface area contributed by atoms with Crippen molar-refractivity contribution in [1.29, 1.82) is 0 Å². The lowest BCUT2D eigenvalue weighted by molar-refractivity contribution is 1.08. The molecule has 0 fully saturated rings. The number of nitrogens with zero attached hydrogens (tertiary/aromatic N) is 1. The maximum Gasteiger partial charge on any atom is 0.0633 e. The number of hydrogen-bond donors (Lipinski definition) is 0. The van der Waals surface area contributed by atoms with Crippen LogP contribution in [0.4, 0.5) is 0 Å². The standard InChI is InChI=1S/C8H8ClN/c1-10-6-7-3-2-4-8(9)5-7/h2-5H,1,6H2. The Morgan fingerprint density at radius 2 is 2.30 bits per heavy atom. The Morgan fingerprint density at radius 3 is 2.90 bits per heavy atom. The van der Waals surface area contributed by atoms with Gasteiger partial charge in [0.1, 0.15) is 0 Å². The second-order valence-corrected chi connectivity index (χ2v) is 2.45. The fourth-order valence-electron chi connectivity index (χ4n) is 0.764. The van der Waals surface area contributed by atoms with Gasteiger partial charge in [0.05, 0.1) is 6.54 Å². The van der Waals surface area contributed by atoms with Crippen molar-refractivity contribution in [1.82, 2.24) is 0 Å². The lowest BCUT2D eigenvalue weighted by Crippen LogP contribution is -1.78. The molecule has 0 heterocycles. The highest BCUT2D eigenvalue weighted by Crippen LogP contribution is 2.10. The van der Waals surface area contributed by atoms with Gasteiger partial charge in [-0.05, 0) is 24.4 Å². The van der Waals surface area contributed by atoms with E-state index < -0.39 is 0 Å². The van der Waals surface area contributed by atoms with Crippen LogP contribution in [0.2, 0.25) is 5.02 Å². The van der Waals surface area contributed by atoms with Gasteiger partial charge in [-0.1, -0.05) is 23.7 Å². The van der Waals surface area contributed by atoms with Gasteiger partial charge in [0, 0.05) is 5.02 Å². The highest BCUT2D eigenvalue weighted by atomic mass is 35.5. The van der Waals surface area contributed by atoms with Crippen LogP contribution in [0, 0.1) is 0 Å². The molecule has 1 nitrogen and oxygen atoms in total. The van der Waals surface area contributed by atoms with E-state index in [9.17, 15) is 0 Å². The minimum absolute atomic E-state index is 0.639. The summed E-state index contributed by atoms with van der Waals surface area (Å²) in [4.78, 5) is 3.74. The molecule has 0 N–H and O–H groups in total. The number of aliphatic imine (C=N–C) groups is 1. The molecular weight excluding hydrogens is 146 g/mol. The number of rotatable bonds is 2. The summed E-state index contributed by atoms with van der Waals surface area (Å²) in [6.45, 7) is 4.03. The van der Waals surface area contributed by atoms with Crippen LogP contribution in [-0.2, 0) is 6.54 Å². The average Bonchev–Trinajstić information content (AvgIpc) is 1.88. The Balaban J connectivity index is 2.84. The maximum atomic E-state index is 5.72. The molecule has 0 aliphatic heterocycles. The van der Waals surface area contributed by atoms with Crippen LogP contribution >= 0.6 is 11.6 Å². The van der Waals surface area contributed by atoms with Crippen molar-refractivity contribution in [2.24, 2.45) is 4.99 Å². The molecule has 0 radical (unpaired) electrons. The predicted octanol–water partition coefficient (Wildman–Crippen LogP) is 2.54. The van der Waals surface area contributed by atoms with Crippen LogP contribution < -0.4 is 0 Å². The van der Waals surface area contributed by atoms with E-state index >= 15 is 0 Å². The SMILES string of the molecule is C=NCc1cccc(Cl)c1. The van der Waals surface area contributed by atoms with E-state index in [4.69, 9.17) is 11.6 Å². The van der Waals surface area contributed by atoms with Crippen molar-refractivity contribution < 1.29 is 0 Å². The zero-order valence-electron chi connectivity index (χ0n) is 5.55. The summed E-state index contributed by atoms with van der Waals surface area (Å²) >= 11 is 5.72. The third kappa shape index (κ3) is 1.85. The second-order valence-electron chi connectivity index (χ2n) is 2.01. The van der Waals surface area contributed by atoms with E-state index in [1.807, 2.05) is 24.3 Å². The maximum absolute atomic E-state index is 5.72. The molecule has 0 amide bonds. The first-order valence-electron chi connectivity index (χ1n) is 3.00. The zero-order valence-corrected chi connectivity index (χ0v) is 6.30. The molecule has 1 aromatic rings. The first-order chi connectivity index (χ1) is 4.83. The van der Waals surface area contributed by atoms with Crippen LogP contribution in [0.5, 0.6) is 0 Å². The smallest absolute Gasteiger partial charge is 0.0633 e. The summed E-state index contributed by atoms with van der Waals surface area (Å²) in [7, 11) is 0. The van der Waals surface area contributed by atoms with Crippen LogP contribution in [0.25, 0.3) is 0 Å². The average molecular weight is 154 g/mol.